The summed E-state index contributed by atoms with van der Waals surface area (Å²) in [6, 6.07) is 5.01. The molecule has 1 aliphatic heterocycles. The molecule has 0 spiro atoms. The Morgan fingerprint density at radius 1 is 1.32 bits per heavy atom. The van der Waals surface area contributed by atoms with Gasteiger partial charge in [-0.1, -0.05) is 6.07 Å². The predicted octanol–water partition coefficient (Wildman–Crippen LogP) is 2.63. The van der Waals surface area contributed by atoms with Crippen molar-refractivity contribution in [1.82, 2.24) is 10.3 Å². The minimum absolute atomic E-state index is 0.0379. The lowest BCUT2D eigenvalue weighted by Gasteiger charge is -2.09. The second-order valence-corrected chi connectivity index (χ2v) is 5.97. The van der Waals surface area contributed by atoms with Crippen molar-refractivity contribution in [3.63, 3.8) is 0 Å². The number of ether oxygens (including phenoxy) is 1. The van der Waals surface area contributed by atoms with Crippen LogP contribution >= 0.6 is 0 Å². The summed E-state index contributed by atoms with van der Waals surface area (Å²) in [5.74, 6) is -3.07. The number of carbonyl (C=O) groups is 2. The van der Waals surface area contributed by atoms with Gasteiger partial charge < -0.3 is 15.0 Å². The summed E-state index contributed by atoms with van der Waals surface area (Å²) in [7, 11) is 0. The molecule has 0 unspecified atom stereocenters. The molecule has 3 rings (SSSR count). The molecule has 0 aliphatic carbocycles. The van der Waals surface area contributed by atoms with Crippen molar-refractivity contribution in [2.75, 3.05) is 13.2 Å². The van der Waals surface area contributed by atoms with Gasteiger partial charge >= 0.3 is 0 Å². The Morgan fingerprint density at radius 3 is 2.92 bits per heavy atom. The van der Waals surface area contributed by atoms with Crippen LogP contribution in [0.25, 0.3) is 0 Å². The fourth-order valence-corrected chi connectivity index (χ4v) is 2.78. The maximum atomic E-state index is 13.7. The van der Waals surface area contributed by atoms with Crippen LogP contribution in [-0.2, 0) is 11.2 Å². The van der Waals surface area contributed by atoms with Crippen molar-refractivity contribution in [2.45, 2.75) is 25.4 Å². The number of ketones is 1. The van der Waals surface area contributed by atoms with Crippen molar-refractivity contribution in [3.05, 3.63) is 58.9 Å². The second-order valence-electron chi connectivity index (χ2n) is 5.97. The first-order valence-electron chi connectivity index (χ1n) is 8.09. The molecule has 0 saturated carbocycles. The summed E-state index contributed by atoms with van der Waals surface area (Å²) < 4.78 is 32.3. The number of aromatic nitrogens is 1. The molecule has 0 bridgehead atoms. The lowest BCUT2D eigenvalue weighted by molar-refractivity contribution is 0.0854. The second kappa shape index (κ2) is 7.57. The number of hydrogen-bond acceptors (Lipinski definition) is 3. The minimum atomic E-state index is -1.16. The van der Waals surface area contributed by atoms with Gasteiger partial charge in [0.25, 0.3) is 5.91 Å². The highest BCUT2D eigenvalue weighted by atomic mass is 19.2. The molecular weight excluding hydrogens is 330 g/mol. The topological polar surface area (TPSA) is 71.2 Å². The number of rotatable bonds is 6. The number of aromatic amines is 1. The molecule has 7 heteroatoms. The SMILES string of the molecule is O=C(NC[C@@H]1CCCO1)c1cc(CC(=O)c2cccc(F)c2F)c[nH]1. The number of hydrogen-bond donors (Lipinski definition) is 2. The monoisotopic (exact) mass is 348 g/mol. The average molecular weight is 348 g/mol. The summed E-state index contributed by atoms with van der Waals surface area (Å²) in [4.78, 5) is 27.0. The van der Waals surface area contributed by atoms with E-state index in [1.807, 2.05) is 0 Å². The van der Waals surface area contributed by atoms with Crippen molar-refractivity contribution >= 4 is 11.7 Å². The fraction of sp³-hybridized carbons (Fsp3) is 0.333. The van der Waals surface area contributed by atoms with Crippen LogP contribution in [0.15, 0.2) is 30.5 Å². The highest BCUT2D eigenvalue weighted by Crippen LogP contribution is 2.15. The third kappa shape index (κ3) is 4.11. The molecule has 2 N–H and O–H groups in total. The Kier molecular flexibility index (Phi) is 5.23. The summed E-state index contributed by atoms with van der Waals surface area (Å²) in [5.41, 5.74) is 0.530. The van der Waals surface area contributed by atoms with Gasteiger partial charge in [0.2, 0.25) is 0 Å². The van der Waals surface area contributed by atoms with Gasteiger partial charge in [0.05, 0.1) is 11.7 Å². The van der Waals surface area contributed by atoms with E-state index in [9.17, 15) is 18.4 Å². The number of amides is 1. The van der Waals surface area contributed by atoms with E-state index in [2.05, 4.69) is 10.3 Å². The van der Waals surface area contributed by atoms with Crippen LogP contribution in [0.1, 0.15) is 39.3 Å². The molecule has 1 saturated heterocycles. The molecule has 1 amide bonds. The zero-order valence-electron chi connectivity index (χ0n) is 13.5. The highest BCUT2D eigenvalue weighted by Gasteiger charge is 2.19. The van der Waals surface area contributed by atoms with Crippen molar-refractivity contribution in [1.29, 1.82) is 0 Å². The fourth-order valence-electron chi connectivity index (χ4n) is 2.78. The van der Waals surface area contributed by atoms with Crippen LogP contribution < -0.4 is 5.32 Å². The normalized spacial score (nSPS) is 16.8. The molecular formula is C18H18F2N2O3. The maximum Gasteiger partial charge on any atom is 0.267 e. The van der Waals surface area contributed by atoms with Crippen LogP contribution in [-0.4, -0.2) is 35.9 Å². The van der Waals surface area contributed by atoms with Crippen LogP contribution in [0, 0.1) is 11.6 Å². The lowest BCUT2D eigenvalue weighted by atomic mass is 10.0. The van der Waals surface area contributed by atoms with Crippen LogP contribution in [0.3, 0.4) is 0 Å². The Labute approximate surface area is 143 Å². The van der Waals surface area contributed by atoms with Crippen LogP contribution in [0.5, 0.6) is 0 Å². The Balaban J connectivity index is 1.60. The number of H-pyrrole nitrogens is 1. The third-order valence-corrected chi connectivity index (χ3v) is 4.12. The maximum absolute atomic E-state index is 13.7. The Hall–Kier alpha value is -2.54. The van der Waals surface area contributed by atoms with Gasteiger partial charge in [0.15, 0.2) is 17.4 Å². The van der Waals surface area contributed by atoms with E-state index in [1.54, 1.807) is 0 Å². The van der Waals surface area contributed by atoms with E-state index in [1.165, 1.54) is 24.4 Å². The quantitative estimate of drug-likeness (QED) is 0.789. The summed E-state index contributed by atoms with van der Waals surface area (Å²) >= 11 is 0. The van der Waals surface area contributed by atoms with Gasteiger partial charge in [-0.05, 0) is 36.6 Å². The van der Waals surface area contributed by atoms with Crippen LogP contribution in [0.2, 0.25) is 0 Å². The molecule has 132 valence electrons. The Bertz CT molecular complexity index is 782. The number of nitrogens with one attached hydrogen (secondary N) is 2. The highest BCUT2D eigenvalue weighted by molar-refractivity contribution is 5.98. The van der Waals surface area contributed by atoms with Gasteiger partial charge in [0, 0.05) is 25.8 Å². The third-order valence-electron chi connectivity index (χ3n) is 4.12. The molecule has 1 aromatic heterocycles. The van der Waals surface area contributed by atoms with Crippen molar-refractivity contribution < 1.29 is 23.1 Å². The van der Waals surface area contributed by atoms with E-state index < -0.39 is 17.4 Å². The zero-order chi connectivity index (χ0) is 17.8. The first-order chi connectivity index (χ1) is 12.0. The van der Waals surface area contributed by atoms with E-state index in [0.717, 1.165) is 18.9 Å². The van der Waals surface area contributed by atoms with E-state index in [0.29, 0.717) is 24.4 Å². The van der Waals surface area contributed by atoms with Gasteiger partial charge in [0.1, 0.15) is 5.69 Å². The summed E-state index contributed by atoms with van der Waals surface area (Å²) in [5, 5.41) is 2.77. The molecule has 1 aliphatic rings. The smallest absolute Gasteiger partial charge is 0.267 e. The van der Waals surface area contributed by atoms with Gasteiger partial charge in [-0.3, -0.25) is 9.59 Å². The molecule has 2 heterocycles. The van der Waals surface area contributed by atoms with Crippen molar-refractivity contribution in [2.24, 2.45) is 0 Å². The number of benzene rings is 1. The first-order valence-corrected chi connectivity index (χ1v) is 8.09. The Morgan fingerprint density at radius 2 is 2.16 bits per heavy atom. The molecule has 25 heavy (non-hydrogen) atoms. The zero-order valence-corrected chi connectivity index (χ0v) is 13.5. The van der Waals surface area contributed by atoms with Gasteiger partial charge in [-0.2, -0.15) is 0 Å². The largest absolute Gasteiger partial charge is 0.376 e. The number of halogens is 2. The minimum Gasteiger partial charge on any atom is -0.376 e. The molecule has 1 atom stereocenters. The average Bonchev–Trinajstić information content (AvgIpc) is 3.27. The standard InChI is InChI=1S/C18H18F2N2O3/c19-14-5-1-4-13(17(14)20)16(23)8-11-7-15(21-9-11)18(24)22-10-12-3-2-6-25-12/h1,4-5,7,9,12,21H,2-3,6,8,10H2,(H,22,24)/t12-/m0/s1. The molecule has 5 nitrogen and oxygen atoms in total. The number of Topliss-reactive ketones (excluding diaryl/α,β-unsaturated/α-hetero) is 1. The lowest BCUT2D eigenvalue weighted by Crippen LogP contribution is -2.31. The molecule has 2 aromatic rings. The summed E-state index contributed by atoms with van der Waals surface area (Å²) in [6.45, 7) is 1.15. The molecule has 1 fully saturated rings. The molecule has 0 radical (unpaired) electrons. The van der Waals surface area contributed by atoms with E-state index in [-0.39, 0.29) is 24.0 Å². The van der Waals surface area contributed by atoms with E-state index in [4.69, 9.17) is 4.74 Å². The van der Waals surface area contributed by atoms with Crippen LogP contribution in [0.4, 0.5) is 8.78 Å². The number of carbonyl (C=O) groups excluding carboxylic acids is 2. The molecule has 1 aromatic carbocycles. The summed E-state index contributed by atoms with van der Waals surface area (Å²) in [6.07, 6.45) is 3.33. The van der Waals surface area contributed by atoms with Crippen molar-refractivity contribution in [3.8, 4) is 0 Å². The predicted molar refractivity (Wildman–Crippen MR) is 86.5 cm³/mol. The van der Waals surface area contributed by atoms with Gasteiger partial charge in [-0.15, -0.1) is 0 Å². The van der Waals surface area contributed by atoms with E-state index >= 15 is 0 Å². The van der Waals surface area contributed by atoms with Gasteiger partial charge in [-0.25, -0.2) is 8.78 Å². The first kappa shape index (κ1) is 17.3.